The molecule has 0 radical (unpaired) electrons. The highest BCUT2D eigenvalue weighted by atomic mass is 16.5. The molecule has 1 heterocycles. The van der Waals surface area contributed by atoms with E-state index in [4.69, 9.17) is 4.74 Å². The Kier molecular flexibility index (Phi) is 1.94. The lowest BCUT2D eigenvalue weighted by Gasteiger charge is -2.10. The van der Waals surface area contributed by atoms with Gasteiger partial charge in [-0.15, -0.1) is 0 Å². The summed E-state index contributed by atoms with van der Waals surface area (Å²) >= 11 is 0. The van der Waals surface area contributed by atoms with Crippen LogP contribution in [-0.2, 0) is 12.8 Å². The Morgan fingerprint density at radius 2 is 2.07 bits per heavy atom. The minimum Gasteiger partial charge on any atom is -0.497 e. The zero-order chi connectivity index (χ0) is 10.3. The van der Waals surface area contributed by atoms with Crippen LogP contribution < -0.4 is 4.74 Å². The first-order valence-corrected chi connectivity index (χ1v) is 5.56. The Bertz CT molecular complexity index is 498. The molecule has 1 aliphatic rings. The number of aromatic nitrogens is 1. The molecule has 0 bridgehead atoms. The summed E-state index contributed by atoms with van der Waals surface area (Å²) in [5.74, 6) is 0.932. The van der Waals surface area contributed by atoms with Crippen molar-refractivity contribution < 1.29 is 4.74 Å². The van der Waals surface area contributed by atoms with E-state index in [1.54, 1.807) is 7.11 Å². The number of ether oxygens (including phenoxy) is 1. The van der Waals surface area contributed by atoms with E-state index in [1.165, 1.54) is 47.8 Å². The number of aryl methyl sites for hydroxylation is 2. The van der Waals surface area contributed by atoms with Crippen molar-refractivity contribution in [2.24, 2.45) is 0 Å². The summed E-state index contributed by atoms with van der Waals surface area (Å²) in [6, 6.07) is 6.31. The molecule has 0 unspecified atom stereocenters. The van der Waals surface area contributed by atoms with Gasteiger partial charge in [0.15, 0.2) is 0 Å². The van der Waals surface area contributed by atoms with E-state index < -0.39 is 0 Å². The summed E-state index contributed by atoms with van der Waals surface area (Å²) in [5, 5.41) is 1.38. The molecule has 0 aliphatic heterocycles. The average Bonchev–Trinajstić information content (AvgIpc) is 2.66. The molecule has 0 saturated heterocycles. The number of methoxy groups -OCH3 is 1. The maximum Gasteiger partial charge on any atom is 0.120 e. The minimum absolute atomic E-state index is 0.932. The summed E-state index contributed by atoms with van der Waals surface area (Å²) in [6.07, 6.45) is 5.07. The van der Waals surface area contributed by atoms with E-state index in [2.05, 4.69) is 17.1 Å². The summed E-state index contributed by atoms with van der Waals surface area (Å²) in [4.78, 5) is 3.51. The van der Waals surface area contributed by atoms with Crippen LogP contribution in [0.15, 0.2) is 18.2 Å². The molecule has 3 rings (SSSR count). The number of nitrogens with one attached hydrogen (secondary N) is 1. The SMILES string of the molecule is COc1ccc2c3c([nH]c2c1)CCCC3. The van der Waals surface area contributed by atoms with Gasteiger partial charge in [-0.2, -0.15) is 0 Å². The van der Waals surface area contributed by atoms with E-state index >= 15 is 0 Å². The van der Waals surface area contributed by atoms with Crippen molar-refractivity contribution in [1.82, 2.24) is 4.98 Å². The van der Waals surface area contributed by atoms with E-state index in [0.717, 1.165) is 5.75 Å². The number of rotatable bonds is 1. The number of hydrogen-bond donors (Lipinski definition) is 1. The standard InChI is InChI=1S/C13H15NO/c1-15-9-6-7-11-10-4-2-3-5-12(10)14-13(11)8-9/h6-8,14H,2-5H2,1H3. The number of benzene rings is 1. The van der Waals surface area contributed by atoms with Crippen LogP contribution >= 0.6 is 0 Å². The molecule has 1 aromatic carbocycles. The first kappa shape index (κ1) is 8.84. The van der Waals surface area contributed by atoms with Gasteiger partial charge in [0, 0.05) is 22.7 Å². The molecule has 2 aromatic rings. The zero-order valence-corrected chi connectivity index (χ0v) is 8.97. The largest absolute Gasteiger partial charge is 0.497 e. The molecule has 0 saturated carbocycles. The zero-order valence-electron chi connectivity index (χ0n) is 8.97. The molecule has 1 N–H and O–H groups in total. The first-order valence-electron chi connectivity index (χ1n) is 5.56. The third-order valence-corrected chi connectivity index (χ3v) is 3.31. The van der Waals surface area contributed by atoms with Gasteiger partial charge in [0.1, 0.15) is 5.75 Å². The Morgan fingerprint density at radius 1 is 1.20 bits per heavy atom. The van der Waals surface area contributed by atoms with Crippen LogP contribution in [0.2, 0.25) is 0 Å². The highest BCUT2D eigenvalue weighted by Crippen LogP contribution is 2.30. The predicted molar refractivity (Wildman–Crippen MR) is 61.5 cm³/mol. The lowest BCUT2D eigenvalue weighted by atomic mass is 9.96. The second-order valence-corrected chi connectivity index (χ2v) is 4.20. The molecule has 2 heteroatoms. The van der Waals surface area contributed by atoms with Crippen LogP contribution in [0.5, 0.6) is 5.75 Å². The van der Waals surface area contributed by atoms with Crippen LogP contribution in [0.1, 0.15) is 24.1 Å². The number of hydrogen-bond acceptors (Lipinski definition) is 1. The van der Waals surface area contributed by atoms with Gasteiger partial charge in [-0.25, -0.2) is 0 Å². The monoisotopic (exact) mass is 201 g/mol. The Hall–Kier alpha value is -1.44. The fourth-order valence-electron chi connectivity index (χ4n) is 2.52. The number of aromatic amines is 1. The van der Waals surface area contributed by atoms with Crippen LogP contribution in [0.4, 0.5) is 0 Å². The average molecular weight is 201 g/mol. The Labute approximate surface area is 89.3 Å². The first-order chi connectivity index (χ1) is 7.38. The van der Waals surface area contributed by atoms with Crippen LogP contribution in [0.25, 0.3) is 10.9 Å². The summed E-state index contributed by atoms with van der Waals surface area (Å²) in [5.41, 5.74) is 4.18. The number of H-pyrrole nitrogens is 1. The normalized spacial score (nSPS) is 15.3. The van der Waals surface area contributed by atoms with Crippen molar-refractivity contribution in [3.63, 3.8) is 0 Å². The minimum atomic E-state index is 0.932. The summed E-state index contributed by atoms with van der Waals surface area (Å²) in [7, 11) is 1.71. The molecule has 2 nitrogen and oxygen atoms in total. The molecular formula is C13H15NO. The van der Waals surface area contributed by atoms with Gasteiger partial charge in [0.2, 0.25) is 0 Å². The van der Waals surface area contributed by atoms with Gasteiger partial charge < -0.3 is 9.72 Å². The quantitative estimate of drug-likeness (QED) is 0.753. The molecule has 0 spiro atoms. The van der Waals surface area contributed by atoms with Gasteiger partial charge in [-0.05, 0) is 43.4 Å². The van der Waals surface area contributed by atoms with Crippen molar-refractivity contribution in [3.8, 4) is 5.75 Å². The van der Waals surface area contributed by atoms with E-state index in [0.29, 0.717) is 0 Å². The van der Waals surface area contributed by atoms with Crippen molar-refractivity contribution >= 4 is 10.9 Å². The maximum atomic E-state index is 5.23. The van der Waals surface area contributed by atoms with Crippen molar-refractivity contribution in [2.45, 2.75) is 25.7 Å². The van der Waals surface area contributed by atoms with Gasteiger partial charge in [-0.1, -0.05) is 0 Å². The Balaban J connectivity index is 2.22. The fraction of sp³-hybridized carbons (Fsp3) is 0.385. The second-order valence-electron chi connectivity index (χ2n) is 4.20. The van der Waals surface area contributed by atoms with Gasteiger partial charge >= 0.3 is 0 Å². The predicted octanol–water partition coefficient (Wildman–Crippen LogP) is 3.06. The molecular weight excluding hydrogens is 186 g/mol. The Morgan fingerprint density at radius 3 is 2.93 bits per heavy atom. The molecule has 1 aliphatic carbocycles. The highest BCUT2D eigenvalue weighted by Gasteiger charge is 2.15. The highest BCUT2D eigenvalue weighted by molar-refractivity contribution is 5.86. The van der Waals surface area contributed by atoms with Gasteiger partial charge in [0.05, 0.1) is 7.11 Å². The number of fused-ring (bicyclic) bond motifs is 3. The van der Waals surface area contributed by atoms with Crippen LogP contribution in [0, 0.1) is 0 Å². The van der Waals surface area contributed by atoms with Crippen LogP contribution in [0.3, 0.4) is 0 Å². The van der Waals surface area contributed by atoms with Crippen molar-refractivity contribution in [3.05, 3.63) is 29.5 Å². The van der Waals surface area contributed by atoms with Gasteiger partial charge in [-0.3, -0.25) is 0 Å². The maximum absolute atomic E-state index is 5.23. The van der Waals surface area contributed by atoms with E-state index in [9.17, 15) is 0 Å². The fourth-order valence-corrected chi connectivity index (χ4v) is 2.52. The smallest absolute Gasteiger partial charge is 0.120 e. The molecule has 1 aromatic heterocycles. The van der Waals surface area contributed by atoms with Crippen molar-refractivity contribution in [2.75, 3.05) is 7.11 Å². The lowest BCUT2D eigenvalue weighted by Crippen LogP contribution is -1.99. The van der Waals surface area contributed by atoms with Crippen molar-refractivity contribution in [1.29, 1.82) is 0 Å². The third-order valence-electron chi connectivity index (χ3n) is 3.31. The molecule has 0 amide bonds. The molecule has 0 atom stereocenters. The van der Waals surface area contributed by atoms with E-state index in [-0.39, 0.29) is 0 Å². The lowest BCUT2D eigenvalue weighted by molar-refractivity contribution is 0.415. The van der Waals surface area contributed by atoms with Gasteiger partial charge in [0.25, 0.3) is 0 Å². The second kappa shape index (κ2) is 3.30. The summed E-state index contributed by atoms with van der Waals surface area (Å²) < 4.78 is 5.23. The molecule has 15 heavy (non-hydrogen) atoms. The molecule has 0 fully saturated rings. The van der Waals surface area contributed by atoms with Crippen LogP contribution in [-0.4, -0.2) is 12.1 Å². The summed E-state index contributed by atoms with van der Waals surface area (Å²) in [6.45, 7) is 0. The van der Waals surface area contributed by atoms with E-state index in [1.807, 2.05) is 6.07 Å². The topological polar surface area (TPSA) is 25.0 Å². The third kappa shape index (κ3) is 1.32. The molecule has 78 valence electrons.